The molecule has 1 atom stereocenters. The number of benzene rings is 2. The van der Waals surface area contributed by atoms with Crippen LogP contribution in [0.5, 0.6) is 5.75 Å². The molecule has 0 spiro atoms. The topological polar surface area (TPSA) is 78.3 Å². The van der Waals surface area contributed by atoms with Gasteiger partial charge in [0, 0.05) is 21.5 Å². The molecule has 214 valence electrons. The molecule has 1 aromatic heterocycles. The Morgan fingerprint density at radius 3 is 2.55 bits per heavy atom. The van der Waals surface area contributed by atoms with Crippen LogP contribution in [0.15, 0.2) is 63.4 Å². The Morgan fingerprint density at radius 1 is 1.12 bits per heavy atom. The molecule has 0 saturated heterocycles. The summed E-state index contributed by atoms with van der Waals surface area (Å²) in [6, 6.07) is 13.8. The average molecular weight is 628 g/mol. The third kappa shape index (κ3) is 7.10. The zero-order chi connectivity index (χ0) is 28.9. The predicted molar refractivity (Wildman–Crippen MR) is 165 cm³/mol. The molecule has 0 bridgehead atoms. The van der Waals surface area contributed by atoms with E-state index in [0.29, 0.717) is 41.3 Å². The van der Waals surface area contributed by atoms with Gasteiger partial charge in [-0.3, -0.25) is 0 Å². The minimum absolute atomic E-state index is 0.0867. The number of carbonyl (C=O) groups excluding carboxylic acids is 1. The summed E-state index contributed by atoms with van der Waals surface area (Å²) < 4.78 is 14.8. The van der Waals surface area contributed by atoms with Gasteiger partial charge in [0.25, 0.3) is 0 Å². The highest BCUT2D eigenvalue weighted by Crippen LogP contribution is 2.41. The van der Waals surface area contributed by atoms with Gasteiger partial charge in [-0.1, -0.05) is 93.0 Å². The highest BCUT2D eigenvalue weighted by molar-refractivity contribution is 9.10. The standard InChI is InChI=1S/C31H39BrN4O3S/c1-7-9-16-38-28(37)26-20(3)33-29-34-30(40-17-8-2)35-36(29)27(26)24-18-23(32)14-15-25(24)39-19-21-10-12-22(13-11-21)31(4,5)6/h10-15,18,27H,7-9,16-17,19H2,1-6H3,(H,33,34,35). The molecule has 1 unspecified atom stereocenters. The maximum Gasteiger partial charge on any atom is 0.338 e. The van der Waals surface area contributed by atoms with E-state index in [0.717, 1.165) is 40.6 Å². The Balaban J connectivity index is 1.72. The number of hydrogen-bond donors (Lipinski definition) is 1. The van der Waals surface area contributed by atoms with E-state index >= 15 is 0 Å². The summed E-state index contributed by atoms with van der Waals surface area (Å²) in [5.41, 5.74) is 4.43. The van der Waals surface area contributed by atoms with Crippen molar-refractivity contribution < 1.29 is 14.3 Å². The van der Waals surface area contributed by atoms with Crippen LogP contribution in [-0.2, 0) is 21.6 Å². The molecule has 2 aromatic carbocycles. The molecule has 0 amide bonds. The molecule has 0 saturated carbocycles. The zero-order valence-corrected chi connectivity index (χ0v) is 26.6. The highest BCUT2D eigenvalue weighted by Gasteiger charge is 2.37. The summed E-state index contributed by atoms with van der Waals surface area (Å²) >= 11 is 5.23. The first-order valence-corrected chi connectivity index (χ1v) is 15.7. The molecule has 9 heteroatoms. The monoisotopic (exact) mass is 626 g/mol. The smallest absolute Gasteiger partial charge is 0.338 e. The van der Waals surface area contributed by atoms with Gasteiger partial charge in [-0.15, -0.1) is 5.10 Å². The summed E-state index contributed by atoms with van der Waals surface area (Å²) in [6.07, 6.45) is 2.76. The van der Waals surface area contributed by atoms with E-state index in [1.807, 2.05) is 25.1 Å². The molecule has 3 aromatic rings. The third-order valence-corrected chi connectivity index (χ3v) is 8.24. The van der Waals surface area contributed by atoms with Gasteiger partial charge in [-0.2, -0.15) is 4.98 Å². The molecule has 0 fully saturated rings. The van der Waals surface area contributed by atoms with Gasteiger partial charge in [0.2, 0.25) is 11.1 Å². The number of nitrogens with zero attached hydrogens (tertiary/aromatic N) is 3. The second-order valence-electron chi connectivity index (χ2n) is 11.0. The maximum atomic E-state index is 13.5. The number of carbonyl (C=O) groups is 1. The van der Waals surface area contributed by atoms with Crippen LogP contribution in [0, 0.1) is 0 Å². The molecular weight excluding hydrogens is 588 g/mol. The number of rotatable bonds is 11. The van der Waals surface area contributed by atoms with Crippen LogP contribution in [0.1, 0.15) is 83.5 Å². The average Bonchev–Trinajstić information content (AvgIpc) is 3.32. The van der Waals surface area contributed by atoms with Crippen molar-refractivity contribution in [2.45, 2.75) is 84.0 Å². The largest absolute Gasteiger partial charge is 0.489 e. The molecule has 0 aliphatic carbocycles. The molecular formula is C31H39BrN4O3S. The van der Waals surface area contributed by atoms with Crippen molar-refractivity contribution in [1.82, 2.24) is 14.8 Å². The maximum absolute atomic E-state index is 13.5. The van der Waals surface area contributed by atoms with Crippen molar-refractivity contribution in [2.75, 3.05) is 17.7 Å². The van der Waals surface area contributed by atoms with Crippen molar-refractivity contribution in [1.29, 1.82) is 0 Å². The molecule has 1 aliphatic rings. The van der Waals surface area contributed by atoms with Crippen molar-refractivity contribution in [3.63, 3.8) is 0 Å². The van der Waals surface area contributed by atoms with Crippen LogP contribution in [0.2, 0.25) is 0 Å². The number of aromatic nitrogens is 3. The molecule has 1 aliphatic heterocycles. The molecule has 40 heavy (non-hydrogen) atoms. The number of ether oxygens (including phenoxy) is 2. The van der Waals surface area contributed by atoms with E-state index in [-0.39, 0.29) is 11.4 Å². The van der Waals surface area contributed by atoms with Gasteiger partial charge < -0.3 is 14.8 Å². The van der Waals surface area contributed by atoms with E-state index in [1.165, 1.54) is 5.56 Å². The van der Waals surface area contributed by atoms with Crippen LogP contribution in [-0.4, -0.2) is 33.1 Å². The first kappa shape index (κ1) is 30.2. The number of allylic oxidation sites excluding steroid dienone is 1. The molecule has 1 N–H and O–H groups in total. The Morgan fingerprint density at radius 2 is 1.88 bits per heavy atom. The van der Waals surface area contributed by atoms with Crippen molar-refractivity contribution in [3.05, 3.63) is 74.9 Å². The summed E-state index contributed by atoms with van der Waals surface area (Å²) in [7, 11) is 0. The Labute approximate surface area is 250 Å². The number of unbranched alkanes of at least 4 members (excludes halogenated alkanes) is 1. The van der Waals surface area contributed by atoms with E-state index in [2.05, 4.69) is 80.1 Å². The fourth-order valence-electron chi connectivity index (χ4n) is 4.45. The predicted octanol–water partition coefficient (Wildman–Crippen LogP) is 8.05. The van der Waals surface area contributed by atoms with Crippen LogP contribution in [0.3, 0.4) is 0 Å². The zero-order valence-electron chi connectivity index (χ0n) is 24.2. The lowest BCUT2D eigenvalue weighted by atomic mass is 9.87. The summed E-state index contributed by atoms with van der Waals surface area (Å²) in [6.45, 7) is 13.5. The third-order valence-electron chi connectivity index (χ3n) is 6.70. The molecule has 7 nitrogen and oxygen atoms in total. The number of thioether (sulfide) groups is 1. The van der Waals surface area contributed by atoms with Gasteiger partial charge in [-0.05, 0) is 54.5 Å². The van der Waals surface area contributed by atoms with E-state index in [4.69, 9.17) is 19.6 Å². The number of hydrogen-bond acceptors (Lipinski definition) is 7. The number of halogens is 1. The summed E-state index contributed by atoms with van der Waals surface area (Å²) in [4.78, 5) is 18.2. The molecule has 2 heterocycles. The molecule has 0 radical (unpaired) electrons. The van der Waals surface area contributed by atoms with E-state index < -0.39 is 6.04 Å². The van der Waals surface area contributed by atoms with Gasteiger partial charge in [0.15, 0.2) is 0 Å². The lowest BCUT2D eigenvalue weighted by molar-refractivity contribution is -0.139. The second-order valence-corrected chi connectivity index (χ2v) is 13.0. The Bertz CT molecular complexity index is 1360. The van der Waals surface area contributed by atoms with E-state index in [9.17, 15) is 4.79 Å². The first-order valence-electron chi connectivity index (χ1n) is 13.9. The number of anilines is 1. The minimum Gasteiger partial charge on any atom is -0.489 e. The number of esters is 1. The summed E-state index contributed by atoms with van der Waals surface area (Å²) in [5.74, 6) is 1.81. The lowest BCUT2D eigenvalue weighted by Crippen LogP contribution is -2.30. The molecule has 4 rings (SSSR count). The summed E-state index contributed by atoms with van der Waals surface area (Å²) in [5, 5.41) is 8.78. The number of nitrogens with one attached hydrogen (secondary N) is 1. The Hall–Kier alpha value is -2.78. The fraction of sp³-hybridized carbons (Fsp3) is 0.452. The van der Waals surface area contributed by atoms with Crippen LogP contribution >= 0.6 is 27.7 Å². The van der Waals surface area contributed by atoms with Gasteiger partial charge in [-0.25, -0.2) is 9.48 Å². The SMILES string of the molecule is CCCCOC(=O)C1=C(C)Nc2nc(SCCC)nn2C1c1cc(Br)ccc1OCc1ccc(C(C)(C)C)cc1. The van der Waals surface area contributed by atoms with Crippen LogP contribution in [0.25, 0.3) is 0 Å². The van der Waals surface area contributed by atoms with Crippen LogP contribution < -0.4 is 10.1 Å². The first-order chi connectivity index (χ1) is 19.1. The Kier molecular flexibility index (Phi) is 10.0. The van der Waals surface area contributed by atoms with Gasteiger partial charge >= 0.3 is 5.97 Å². The minimum atomic E-state index is -0.565. The lowest BCUT2D eigenvalue weighted by Gasteiger charge is -2.29. The number of fused-ring (bicyclic) bond motifs is 1. The van der Waals surface area contributed by atoms with Gasteiger partial charge in [0.1, 0.15) is 18.4 Å². The van der Waals surface area contributed by atoms with Crippen LogP contribution in [0.4, 0.5) is 5.95 Å². The quantitative estimate of drug-likeness (QED) is 0.131. The van der Waals surface area contributed by atoms with Crippen molar-refractivity contribution in [2.24, 2.45) is 0 Å². The van der Waals surface area contributed by atoms with Crippen molar-refractivity contribution in [3.8, 4) is 5.75 Å². The van der Waals surface area contributed by atoms with Crippen molar-refractivity contribution >= 4 is 39.6 Å². The van der Waals surface area contributed by atoms with Gasteiger partial charge in [0.05, 0.1) is 12.2 Å². The highest BCUT2D eigenvalue weighted by atomic mass is 79.9. The fourth-order valence-corrected chi connectivity index (χ4v) is 5.51. The second kappa shape index (κ2) is 13.3. The normalized spacial score (nSPS) is 15.0. The van der Waals surface area contributed by atoms with E-state index in [1.54, 1.807) is 16.4 Å².